The average Bonchev–Trinajstić information content (AvgIpc) is 3.23. The van der Waals surface area contributed by atoms with Crippen molar-refractivity contribution >= 4 is 17.2 Å². The summed E-state index contributed by atoms with van der Waals surface area (Å²) in [6, 6.07) is 15.8. The maximum Gasteiger partial charge on any atom is 0.253 e. The third-order valence-electron chi connectivity index (χ3n) is 5.23. The number of amides is 1. The Labute approximate surface area is 175 Å². The molecule has 0 atom stereocenters. The Balaban J connectivity index is 1.33. The third-order valence-corrected chi connectivity index (χ3v) is 6.07. The lowest BCUT2D eigenvalue weighted by Crippen LogP contribution is -2.48. The van der Waals surface area contributed by atoms with Gasteiger partial charge in [-0.25, -0.2) is 4.98 Å². The molecule has 1 aliphatic rings. The molecule has 6 heteroatoms. The molecule has 5 nitrogen and oxygen atoms in total. The van der Waals surface area contributed by atoms with Crippen molar-refractivity contribution in [3.8, 4) is 17.0 Å². The van der Waals surface area contributed by atoms with Crippen LogP contribution >= 0.6 is 11.3 Å². The highest BCUT2D eigenvalue weighted by atomic mass is 32.1. The van der Waals surface area contributed by atoms with Crippen LogP contribution in [0.1, 0.15) is 20.9 Å². The number of thiazole rings is 1. The lowest BCUT2D eigenvalue weighted by molar-refractivity contribution is 0.0628. The first-order chi connectivity index (χ1) is 14.1. The number of ether oxygens (including phenoxy) is 1. The van der Waals surface area contributed by atoms with Crippen molar-refractivity contribution in [2.75, 3.05) is 33.3 Å². The highest BCUT2D eigenvalue weighted by Crippen LogP contribution is 2.26. The van der Waals surface area contributed by atoms with Crippen LogP contribution in [0.5, 0.6) is 5.75 Å². The van der Waals surface area contributed by atoms with E-state index in [0.29, 0.717) is 0 Å². The molecule has 0 saturated carbocycles. The van der Waals surface area contributed by atoms with Gasteiger partial charge in [-0.1, -0.05) is 29.8 Å². The summed E-state index contributed by atoms with van der Waals surface area (Å²) in [6.45, 7) is 6.09. The van der Waals surface area contributed by atoms with Gasteiger partial charge in [0.05, 0.1) is 19.3 Å². The van der Waals surface area contributed by atoms with Gasteiger partial charge in [0, 0.05) is 42.7 Å². The monoisotopic (exact) mass is 407 g/mol. The second kappa shape index (κ2) is 8.76. The fourth-order valence-corrected chi connectivity index (χ4v) is 4.32. The zero-order chi connectivity index (χ0) is 20.2. The molecule has 0 radical (unpaired) electrons. The van der Waals surface area contributed by atoms with Crippen LogP contribution in [0.25, 0.3) is 11.3 Å². The van der Waals surface area contributed by atoms with E-state index in [0.717, 1.165) is 60.3 Å². The smallest absolute Gasteiger partial charge is 0.253 e. The summed E-state index contributed by atoms with van der Waals surface area (Å²) in [4.78, 5) is 21.8. The van der Waals surface area contributed by atoms with Gasteiger partial charge in [0.2, 0.25) is 0 Å². The first-order valence-electron chi connectivity index (χ1n) is 9.79. The van der Waals surface area contributed by atoms with Crippen LogP contribution in [-0.2, 0) is 6.54 Å². The minimum absolute atomic E-state index is 0.124. The number of hydrogen-bond acceptors (Lipinski definition) is 5. The van der Waals surface area contributed by atoms with E-state index in [-0.39, 0.29) is 5.91 Å². The van der Waals surface area contributed by atoms with E-state index in [1.165, 1.54) is 5.56 Å². The van der Waals surface area contributed by atoms with Gasteiger partial charge < -0.3 is 9.64 Å². The number of piperazine rings is 1. The highest BCUT2D eigenvalue weighted by molar-refractivity contribution is 7.09. The van der Waals surface area contributed by atoms with E-state index in [4.69, 9.17) is 9.72 Å². The third kappa shape index (κ3) is 4.66. The van der Waals surface area contributed by atoms with Gasteiger partial charge in [-0.05, 0) is 31.2 Å². The van der Waals surface area contributed by atoms with Crippen LogP contribution < -0.4 is 4.74 Å². The number of methoxy groups -OCH3 is 1. The van der Waals surface area contributed by atoms with E-state index in [2.05, 4.69) is 16.3 Å². The molecule has 1 saturated heterocycles. The predicted molar refractivity (Wildman–Crippen MR) is 116 cm³/mol. The molecule has 3 aromatic rings. The summed E-state index contributed by atoms with van der Waals surface area (Å²) in [6.07, 6.45) is 0. The molecule has 0 aliphatic carbocycles. The van der Waals surface area contributed by atoms with Crippen LogP contribution in [0.3, 0.4) is 0 Å². The van der Waals surface area contributed by atoms with E-state index >= 15 is 0 Å². The van der Waals surface area contributed by atoms with Gasteiger partial charge >= 0.3 is 0 Å². The largest absolute Gasteiger partial charge is 0.497 e. The Morgan fingerprint density at radius 1 is 1.10 bits per heavy atom. The molecule has 0 spiro atoms. The number of carbonyl (C=O) groups is 1. The zero-order valence-electron chi connectivity index (χ0n) is 16.8. The van der Waals surface area contributed by atoms with Gasteiger partial charge in [0.15, 0.2) is 0 Å². The second-order valence-electron chi connectivity index (χ2n) is 7.29. The van der Waals surface area contributed by atoms with Crippen molar-refractivity contribution in [1.29, 1.82) is 0 Å². The number of rotatable bonds is 5. The van der Waals surface area contributed by atoms with E-state index < -0.39 is 0 Å². The van der Waals surface area contributed by atoms with Crippen LogP contribution in [-0.4, -0.2) is 54.0 Å². The van der Waals surface area contributed by atoms with Crippen molar-refractivity contribution in [1.82, 2.24) is 14.8 Å². The summed E-state index contributed by atoms with van der Waals surface area (Å²) in [5.41, 5.74) is 3.99. The highest BCUT2D eigenvalue weighted by Gasteiger charge is 2.22. The molecule has 2 aromatic carbocycles. The summed E-state index contributed by atoms with van der Waals surface area (Å²) >= 11 is 1.68. The molecule has 0 bridgehead atoms. The molecule has 1 fully saturated rings. The van der Waals surface area contributed by atoms with Crippen molar-refractivity contribution in [2.24, 2.45) is 0 Å². The van der Waals surface area contributed by atoms with Crippen molar-refractivity contribution < 1.29 is 9.53 Å². The number of benzene rings is 2. The summed E-state index contributed by atoms with van der Waals surface area (Å²) in [7, 11) is 1.68. The Hall–Kier alpha value is -2.70. The average molecular weight is 408 g/mol. The van der Waals surface area contributed by atoms with Gasteiger partial charge in [0.25, 0.3) is 5.91 Å². The molecule has 4 rings (SSSR count). The molecule has 1 aromatic heterocycles. The molecule has 29 heavy (non-hydrogen) atoms. The van der Waals surface area contributed by atoms with Crippen LogP contribution in [0.2, 0.25) is 0 Å². The van der Waals surface area contributed by atoms with E-state index in [9.17, 15) is 4.79 Å². The summed E-state index contributed by atoms with van der Waals surface area (Å²) < 4.78 is 5.31. The lowest BCUT2D eigenvalue weighted by Gasteiger charge is -2.34. The quantitative estimate of drug-likeness (QED) is 0.639. The molecule has 1 amide bonds. The van der Waals surface area contributed by atoms with Crippen molar-refractivity contribution in [2.45, 2.75) is 13.5 Å². The van der Waals surface area contributed by atoms with E-state index in [1.807, 2.05) is 54.3 Å². The Morgan fingerprint density at radius 3 is 2.59 bits per heavy atom. The molecule has 1 aliphatic heterocycles. The number of carbonyl (C=O) groups excluding carboxylic acids is 1. The fraction of sp³-hybridized carbons (Fsp3) is 0.304. The topological polar surface area (TPSA) is 45.7 Å². The fourth-order valence-electron chi connectivity index (χ4n) is 3.48. The lowest BCUT2D eigenvalue weighted by atomic mass is 10.1. The van der Waals surface area contributed by atoms with Crippen molar-refractivity contribution in [3.63, 3.8) is 0 Å². The molecule has 0 N–H and O–H groups in total. The number of aromatic nitrogens is 1. The zero-order valence-corrected chi connectivity index (χ0v) is 17.6. The number of hydrogen-bond donors (Lipinski definition) is 0. The molecular formula is C23H25N3O2S. The SMILES string of the molecule is COc1cccc(-c2csc(CN3CCN(C(=O)c4ccc(C)cc4)CC3)n2)c1. The molecule has 150 valence electrons. The molecule has 2 heterocycles. The van der Waals surface area contributed by atoms with Gasteiger partial charge in [-0.15, -0.1) is 11.3 Å². The van der Waals surface area contributed by atoms with Crippen LogP contribution in [0.15, 0.2) is 53.9 Å². The van der Waals surface area contributed by atoms with E-state index in [1.54, 1.807) is 18.4 Å². The Bertz CT molecular complexity index is 976. The van der Waals surface area contributed by atoms with Gasteiger partial charge in [0.1, 0.15) is 10.8 Å². The first-order valence-corrected chi connectivity index (χ1v) is 10.7. The Morgan fingerprint density at radius 2 is 1.86 bits per heavy atom. The predicted octanol–water partition coefficient (Wildman–Crippen LogP) is 4.09. The van der Waals surface area contributed by atoms with Gasteiger partial charge in [-0.3, -0.25) is 9.69 Å². The molecule has 0 unspecified atom stereocenters. The maximum absolute atomic E-state index is 12.7. The minimum Gasteiger partial charge on any atom is -0.497 e. The first kappa shape index (κ1) is 19.6. The normalized spacial score (nSPS) is 14.8. The standard InChI is InChI=1S/C23H25N3O2S/c1-17-6-8-18(9-7-17)23(27)26-12-10-25(11-13-26)15-22-24-21(16-29-22)19-4-3-5-20(14-19)28-2/h3-9,14,16H,10-13,15H2,1-2H3. The maximum atomic E-state index is 12.7. The summed E-state index contributed by atoms with van der Waals surface area (Å²) in [5.74, 6) is 0.964. The second-order valence-corrected chi connectivity index (χ2v) is 8.24. The Kier molecular flexibility index (Phi) is 5.92. The van der Waals surface area contributed by atoms with Gasteiger partial charge in [-0.2, -0.15) is 0 Å². The summed E-state index contributed by atoms with van der Waals surface area (Å²) in [5, 5.41) is 3.20. The van der Waals surface area contributed by atoms with Crippen LogP contribution in [0, 0.1) is 6.92 Å². The van der Waals surface area contributed by atoms with Crippen LogP contribution in [0.4, 0.5) is 0 Å². The number of nitrogens with zero attached hydrogens (tertiary/aromatic N) is 3. The number of aryl methyl sites for hydroxylation is 1. The van der Waals surface area contributed by atoms with Crippen molar-refractivity contribution in [3.05, 3.63) is 70.0 Å². The minimum atomic E-state index is 0.124. The molecular weight excluding hydrogens is 382 g/mol.